The Hall–Kier alpha value is -1.75. The lowest BCUT2D eigenvalue weighted by molar-refractivity contribution is -0.132. The molecule has 1 amide bonds. The average molecular weight is 346 g/mol. The maximum Gasteiger partial charge on any atom is 0.223 e. The zero-order valence-electron chi connectivity index (χ0n) is 14.0. The third-order valence-electron chi connectivity index (χ3n) is 4.90. The van der Waals surface area contributed by atoms with Crippen molar-refractivity contribution in [1.82, 2.24) is 9.88 Å². The van der Waals surface area contributed by atoms with Crippen LogP contribution in [0, 0.1) is 5.82 Å². The van der Waals surface area contributed by atoms with E-state index >= 15 is 0 Å². The first kappa shape index (κ1) is 17.1. The van der Waals surface area contributed by atoms with E-state index in [-0.39, 0.29) is 17.6 Å². The molecular formula is C19H23FN2OS. The topological polar surface area (TPSA) is 33.2 Å². The highest BCUT2D eigenvalue weighted by Crippen LogP contribution is 2.31. The second kappa shape index (κ2) is 7.88. The minimum atomic E-state index is -0.232. The Morgan fingerprint density at radius 1 is 1.33 bits per heavy atom. The molecule has 1 saturated heterocycles. The van der Waals surface area contributed by atoms with Crippen LogP contribution in [0.15, 0.2) is 35.8 Å². The standard InChI is InChI=1S/C19H23FN2OS/c1-2-14(15-3-5-17(20)6-4-15)13-18(23)22-10-7-16(8-11-22)19-21-9-12-24-19/h3-6,9,12,14,16H,2,7-8,10-11,13H2,1H3. The van der Waals surface area contributed by atoms with Crippen LogP contribution in [-0.4, -0.2) is 28.9 Å². The molecule has 1 aliphatic heterocycles. The van der Waals surface area contributed by atoms with Crippen molar-refractivity contribution < 1.29 is 9.18 Å². The van der Waals surface area contributed by atoms with Gasteiger partial charge in [-0.1, -0.05) is 19.1 Å². The Balaban J connectivity index is 1.55. The fourth-order valence-corrected chi connectivity index (χ4v) is 4.20. The summed E-state index contributed by atoms with van der Waals surface area (Å²) in [7, 11) is 0. The molecule has 1 aromatic heterocycles. The van der Waals surface area contributed by atoms with Crippen molar-refractivity contribution in [2.45, 2.75) is 44.4 Å². The fourth-order valence-electron chi connectivity index (χ4n) is 3.38. The SMILES string of the molecule is CCC(CC(=O)N1CCC(c2nccs2)CC1)c1ccc(F)cc1. The number of thiazole rings is 1. The van der Waals surface area contributed by atoms with Crippen LogP contribution in [0.2, 0.25) is 0 Å². The maximum atomic E-state index is 13.1. The summed E-state index contributed by atoms with van der Waals surface area (Å²) in [6.07, 6.45) is 5.22. The molecule has 128 valence electrons. The van der Waals surface area contributed by atoms with Crippen LogP contribution in [0.5, 0.6) is 0 Å². The average Bonchev–Trinajstić information content (AvgIpc) is 3.15. The van der Waals surface area contributed by atoms with Gasteiger partial charge in [-0.3, -0.25) is 4.79 Å². The van der Waals surface area contributed by atoms with Gasteiger partial charge in [0.25, 0.3) is 0 Å². The molecule has 1 aliphatic rings. The normalized spacial score (nSPS) is 17.0. The Kier molecular flexibility index (Phi) is 5.61. The third-order valence-corrected chi connectivity index (χ3v) is 5.84. The Labute approximate surface area is 146 Å². The van der Waals surface area contributed by atoms with E-state index in [0.29, 0.717) is 12.3 Å². The number of aromatic nitrogens is 1. The summed E-state index contributed by atoms with van der Waals surface area (Å²) < 4.78 is 13.1. The molecule has 3 nitrogen and oxygen atoms in total. The van der Waals surface area contributed by atoms with Crippen LogP contribution in [0.1, 0.15) is 55.0 Å². The van der Waals surface area contributed by atoms with Crippen LogP contribution in [0.4, 0.5) is 4.39 Å². The molecule has 0 aliphatic carbocycles. The molecule has 2 aromatic rings. The highest BCUT2D eigenvalue weighted by atomic mass is 32.1. The van der Waals surface area contributed by atoms with Crippen molar-refractivity contribution in [2.75, 3.05) is 13.1 Å². The molecule has 0 radical (unpaired) electrons. The van der Waals surface area contributed by atoms with E-state index in [1.807, 2.05) is 16.5 Å². The number of halogens is 1. The molecule has 2 heterocycles. The summed E-state index contributed by atoms with van der Waals surface area (Å²) in [5.74, 6) is 0.635. The van der Waals surface area contributed by atoms with Crippen LogP contribution < -0.4 is 0 Å². The van der Waals surface area contributed by atoms with Gasteiger partial charge in [-0.15, -0.1) is 11.3 Å². The monoisotopic (exact) mass is 346 g/mol. The van der Waals surface area contributed by atoms with Gasteiger partial charge in [-0.2, -0.15) is 0 Å². The number of hydrogen-bond acceptors (Lipinski definition) is 3. The first-order chi connectivity index (χ1) is 11.7. The van der Waals surface area contributed by atoms with Crippen molar-refractivity contribution in [3.8, 4) is 0 Å². The predicted octanol–water partition coefficient (Wildman–Crippen LogP) is 4.57. The van der Waals surface area contributed by atoms with E-state index in [9.17, 15) is 9.18 Å². The van der Waals surface area contributed by atoms with Gasteiger partial charge < -0.3 is 4.90 Å². The van der Waals surface area contributed by atoms with E-state index in [2.05, 4.69) is 11.9 Å². The van der Waals surface area contributed by atoms with Gasteiger partial charge in [-0.25, -0.2) is 9.37 Å². The summed E-state index contributed by atoms with van der Waals surface area (Å²) >= 11 is 1.71. The van der Waals surface area contributed by atoms with E-state index in [1.54, 1.807) is 23.5 Å². The summed E-state index contributed by atoms with van der Waals surface area (Å²) in [4.78, 5) is 19.0. The van der Waals surface area contributed by atoms with E-state index in [0.717, 1.165) is 37.9 Å². The zero-order valence-corrected chi connectivity index (χ0v) is 14.8. The Morgan fingerprint density at radius 3 is 2.62 bits per heavy atom. The molecule has 0 bridgehead atoms. The molecule has 0 N–H and O–H groups in total. The van der Waals surface area contributed by atoms with Gasteiger partial charge in [0.05, 0.1) is 5.01 Å². The van der Waals surface area contributed by atoms with Gasteiger partial charge in [0.15, 0.2) is 0 Å². The number of rotatable bonds is 5. The van der Waals surface area contributed by atoms with E-state index in [4.69, 9.17) is 0 Å². The molecule has 5 heteroatoms. The number of carbonyl (C=O) groups excluding carboxylic acids is 1. The third kappa shape index (κ3) is 4.01. The van der Waals surface area contributed by atoms with E-state index < -0.39 is 0 Å². The molecule has 0 saturated carbocycles. The van der Waals surface area contributed by atoms with Crippen molar-refractivity contribution >= 4 is 17.2 Å². The van der Waals surface area contributed by atoms with Crippen molar-refractivity contribution in [1.29, 1.82) is 0 Å². The lowest BCUT2D eigenvalue weighted by atomic mass is 9.91. The summed E-state index contributed by atoms with van der Waals surface area (Å²) in [5, 5.41) is 3.21. The number of hydrogen-bond donors (Lipinski definition) is 0. The molecule has 0 spiro atoms. The minimum Gasteiger partial charge on any atom is -0.343 e. The predicted molar refractivity (Wildman–Crippen MR) is 94.7 cm³/mol. The highest BCUT2D eigenvalue weighted by molar-refractivity contribution is 7.09. The molecule has 1 atom stereocenters. The molecule has 1 aromatic carbocycles. The van der Waals surface area contributed by atoms with Crippen molar-refractivity contribution in [3.63, 3.8) is 0 Å². The van der Waals surface area contributed by atoms with Gasteiger partial charge in [0.2, 0.25) is 5.91 Å². The summed E-state index contributed by atoms with van der Waals surface area (Å²) in [6, 6.07) is 6.54. The number of benzene rings is 1. The molecule has 1 unspecified atom stereocenters. The number of nitrogens with zero attached hydrogens (tertiary/aromatic N) is 2. The van der Waals surface area contributed by atoms with Crippen LogP contribution in [0.25, 0.3) is 0 Å². The number of likely N-dealkylation sites (tertiary alicyclic amines) is 1. The summed E-state index contributed by atoms with van der Waals surface area (Å²) in [5.41, 5.74) is 1.05. The van der Waals surface area contributed by atoms with Gasteiger partial charge >= 0.3 is 0 Å². The quantitative estimate of drug-likeness (QED) is 0.794. The van der Waals surface area contributed by atoms with Gasteiger partial charge in [-0.05, 0) is 42.9 Å². The molecular weight excluding hydrogens is 323 g/mol. The van der Waals surface area contributed by atoms with Crippen LogP contribution in [0.3, 0.4) is 0 Å². The smallest absolute Gasteiger partial charge is 0.223 e. The number of piperidine rings is 1. The lowest BCUT2D eigenvalue weighted by Gasteiger charge is -2.32. The largest absolute Gasteiger partial charge is 0.343 e. The number of amides is 1. The lowest BCUT2D eigenvalue weighted by Crippen LogP contribution is -2.38. The molecule has 24 heavy (non-hydrogen) atoms. The Morgan fingerprint density at radius 2 is 2.04 bits per heavy atom. The van der Waals surface area contributed by atoms with Crippen LogP contribution >= 0.6 is 11.3 Å². The first-order valence-corrected chi connectivity index (χ1v) is 9.48. The Bertz CT molecular complexity index is 649. The van der Waals surface area contributed by atoms with Gasteiger partial charge in [0, 0.05) is 37.0 Å². The molecule has 1 fully saturated rings. The minimum absolute atomic E-state index is 0.162. The summed E-state index contributed by atoms with van der Waals surface area (Å²) in [6.45, 7) is 3.70. The highest BCUT2D eigenvalue weighted by Gasteiger charge is 2.26. The van der Waals surface area contributed by atoms with Crippen molar-refractivity contribution in [2.24, 2.45) is 0 Å². The molecule has 3 rings (SSSR count). The van der Waals surface area contributed by atoms with Crippen molar-refractivity contribution in [3.05, 3.63) is 52.2 Å². The zero-order chi connectivity index (χ0) is 16.9. The van der Waals surface area contributed by atoms with Crippen LogP contribution in [-0.2, 0) is 4.79 Å². The van der Waals surface area contributed by atoms with Gasteiger partial charge in [0.1, 0.15) is 5.82 Å². The first-order valence-electron chi connectivity index (χ1n) is 8.60. The fraction of sp³-hybridized carbons (Fsp3) is 0.474. The maximum absolute atomic E-state index is 13.1. The number of carbonyl (C=O) groups is 1. The second-order valence-corrected chi connectivity index (χ2v) is 7.31. The van der Waals surface area contributed by atoms with E-state index in [1.165, 1.54) is 17.1 Å². The second-order valence-electron chi connectivity index (χ2n) is 6.39.